The second-order valence-electron chi connectivity index (χ2n) is 9.22. The van der Waals surface area contributed by atoms with E-state index in [1.807, 2.05) is 29.2 Å². The summed E-state index contributed by atoms with van der Waals surface area (Å²) in [6, 6.07) is 7.48. The van der Waals surface area contributed by atoms with E-state index < -0.39 is 0 Å². The number of hydrogen-bond acceptors (Lipinski definition) is 7. The van der Waals surface area contributed by atoms with Crippen molar-refractivity contribution in [2.45, 2.75) is 33.1 Å². The summed E-state index contributed by atoms with van der Waals surface area (Å²) in [5.74, 6) is 2.72. The molecule has 2 fully saturated rings. The fourth-order valence-corrected chi connectivity index (χ4v) is 5.50. The van der Waals surface area contributed by atoms with Crippen molar-refractivity contribution < 1.29 is 9.32 Å². The number of amides is 1. The number of hydrogen-bond donors (Lipinski definition) is 0. The van der Waals surface area contributed by atoms with Crippen molar-refractivity contribution in [2.75, 3.05) is 31.1 Å². The van der Waals surface area contributed by atoms with Gasteiger partial charge in [0.2, 0.25) is 5.95 Å². The Morgan fingerprint density at radius 3 is 2.53 bits per heavy atom. The molecule has 0 saturated carbocycles. The van der Waals surface area contributed by atoms with E-state index in [4.69, 9.17) is 14.5 Å². The van der Waals surface area contributed by atoms with E-state index in [2.05, 4.69) is 22.0 Å². The average molecular weight is 431 g/mol. The zero-order valence-electron chi connectivity index (χ0n) is 18.4. The Hall–Kier alpha value is -3.29. The fourth-order valence-electron chi connectivity index (χ4n) is 5.50. The smallest absolute Gasteiger partial charge is 0.258 e. The number of aryl methyl sites for hydroxylation is 3. The first-order chi connectivity index (χ1) is 15.6. The molecule has 0 N–H and O–H groups in total. The predicted molar refractivity (Wildman–Crippen MR) is 118 cm³/mol. The molecule has 2 unspecified atom stereocenters. The molecule has 1 amide bonds. The molecule has 6 rings (SSSR count). The summed E-state index contributed by atoms with van der Waals surface area (Å²) in [6.45, 7) is 7.18. The van der Waals surface area contributed by atoms with Crippen molar-refractivity contribution in [3.8, 4) is 11.5 Å². The standard InChI is InChI=1S/C24H26N6O2/c1-14-18-8-5-9-21(18)27-24(25-14)30-12-16-10-29(11-17(16)13-30)23(31)20-7-4-3-6-19(20)22-26-15(2)28-32-22/h3-4,6-7,16-17H,5,8-13H2,1-2H3. The summed E-state index contributed by atoms with van der Waals surface area (Å²) in [4.78, 5) is 31.7. The molecule has 32 heavy (non-hydrogen) atoms. The monoisotopic (exact) mass is 430 g/mol. The maximum Gasteiger partial charge on any atom is 0.258 e. The van der Waals surface area contributed by atoms with Crippen molar-refractivity contribution >= 4 is 11.9 Å². The minimum absolute atomic E-state index is 0.0297. The van der Waals surface area contributed by atoms with E-state index in [9.17, 15) is 4.79 Å². The van der Waals surface area contributed by atoms with Gasteiger partial charge in [-0.25, -0.2) is 9.97 Å². The largest absolute Gasteiger partial charge is 0.340 e. The molecule has 0 spiro atoms. The Labute approximate surface area is 186 Å². The summed E-state index contributed by atoms with van der Waals surface area (Å²) in [7, 11) is 0. The summed E-state index contributed by atoms with van der Waals surface area (Å²) < 4.78 is 5.33. The number of aromatic nitrogens is 4. The van der Waals surface area contributed by atoms with Gasteiger partial charge in [0.25, 0.3) is 11.8 Å². The molecule has 0 radical (unpaired) electrons. The maximum absolute atomic E-state index is 13.4. The summed E-state index contributed by atoms with van der Waals surface area (Å²) in [5.41, 5.74) is 5.02. The van der Waals surface area contributed by atoms with Gasteiger partial charge < -0.3 is 14.3 Å². The molecular weight excluding hydrogens is 404 g/mol. The third kappa shape index (κ3) is 3.16. The van der Waals surface area contributed by atoms with Crippen LogP contribution < -0.4 is 4.90 Å². The highest BCUT2D eigenvalue weighted by Crippen LogP contribution is 2.35. The molecule has 3 aromatic rings. The first-order valence-electron chi connectivity index (χ1n) is 11.4. The number of carbonyl (C=O) groups excluding carboxylic acids is 1. The lowest BCUT2D eigenvalue weighted by Crippen LogP contribution is -2.34. The van der Waals surface area contributed by atoms with E-state index in [1.165, 1.54) is 17.7 Å². The quantitative estimate of drug-likeness (QED) is 0.631. The topological polar surface area (TPSA) is 88.3 Å². The summed E-state index contributed by atoms with van der Waals surface area (Å²) in [5, 5.41) is 3.87. The number of likely N-dealkylation sites (tertiary alicyclic amines) is 1. The van der Waals surface area contributed by atoms with Crippen LogP contribution in [0.15, 0.2) is 28.8 Å². The molecule has 2 saturated heterocycles. The third-order valence-electron chi connectivity index (χ3n) is 7.10. The van der Waals surface area contributed by atoms with Gasteiger partial charge >= 0.3 is 0 Å². The van der Waals surface area contributed by atoms with Crippen LogP contribution >= 0.6 is 0 Å². The van der Waals surface area contributed by atoms with E-state index >= 15 is 0 Å². The summed E-state index contributed by atoms with van der Waals surface area (Å²) >= 11 is 0. The van der Waals surface area contributed by atoms with Gasteiger partial charge in [-0.2, -0.15) is 4.98 Å². The number of anilines is 1. The molecule has 3 aliphatic rings. The Bertz CT molecular complexity index is 1190. The van der Waals surface area contributed by atoms with Crippen LogP contribution in [-0.4, -0.2) is 57.1 Å². The molecule has 2 aromatic heterocycles. The maximum atomic E-state index is 13.4. The molecule has 0 bridgehead atoms. The third-order valence-corrected chi connectivity index (χ3v) is 7.10. The molecule has 8 heteroatoms. The van der Waals surface area contributed by atoms with Gasteiger partial charge in [-0.15, -0.1) is 0 Å². The fraction of sp³-hybridized carbons (Fsp3) is 0.458. The first-order valence-corrected chi connectivity index (χ1v) is 11.4. The van der Waals surface area contributed by atoms with Crippen LogP contribution in [0.1, 0.15) is 39.6 Å². The number of nitrogens with zero attached hydrogens (tertiary/aromatic N) is 6. The van der Waals surface area contributed by atoms with E-state index in [1.54, 1.807) is 6.92 Å². The van der Waals surface area contributed by atoms with E-state index in [0.29, 0.717) is 34.7 Å². The Kier molecular flexibility index (Phi) is 4.48. The SMILES string of the molecule is Cc1noc(-c2ccccc2C(=O)N2CC3CN(c4nc(C)c5c(n4)CCC5)CC3C2)n1. The Balaban J connectivity index is 1.18. The Morgan fingerprint density at radius 1 is 1.00 bits per heavy atom. The van der Waals surface area contributed by atoms with Gasteiger partial charge in [0.1, 0.15) is 0 Å². The minimum atomic E-state index is 0.0297. The molecule has 8 nitrogen and oxygen atoms in total. The number of fused-ring (bicyclic) bond motifs is 2. The highest BCUT2D eigenvalue weighted by atomic mass is 16.5. The second-order valence-corrected chi connectivity index (χ2v) is 9.22. The van der Waals surface area contributed by atoms with Crippen LogP contribution in [0.4, 0.5) is 5.95 Å². The van der Waals surface area contributed by atoms with Gasteiger partial charge in [-0.05, 0) is 50.8 Å². The van der Waals surface area contributed by atoms with Crippen molar-refractivity contribution in [1.29, 1.82) is 0 Å². The van der Waals surface area contributed by atoms with Crippen LogP contribution in [-0.2, 0) is 12.8 Å². The van der Waals surface area contributed by atoms with Crippen LogP contribution in [0.25, 0.3) is 11.5 Å². The first kappa shape index (κ1) is 19.4. The normalized spacial score (nSPS) is 21.8. The molecular formula is C24H26N6O2. The average Bonchev–Trinajstić information content (AvgIpc) is 3.56. The van der Waals surface area contributed by atoms with Crippen molar-refractivity contribution in [3.63, 3.8) is 0 Å². The number of benzene rings is 1. The lowest BCUT2D eigenvalue weighted by atomic mass is 10.0. The zero-order valence-corrected chi connectivity index (χ0v) is 18.4. The van der Waals surface area contributed by atoms with Crippen LogP contribution in [0.5, 0.6) is 0 Å². The molecule has 2 aliphatic heterocycles. The lowest BCUT2D eigenvalue weighted by molar-refractivity contribution is 0.0783. The van der Waals surface area contributed by atoms with Gasteiger partial charge in [0.15, 0.2) is 5.82 Å². The predicted octanol–water partition coefficient (Wildman–Crippen LogP) is 2.84. The van der Waals surface area contributed by atoms with Crippen LogP contribution in [0.3, 0.4) is 0 Å². The van der Waals surface area contributed by atoms with Gasteiger partial charge in [-0.3, -0.25) is 4.79 Å². The van der Waals surface area contributed by atoms with E-state index in [-0.39, 0.29) is 5.91 Å². The minimum Gasteiger partial charge on any atom is -0.340 e. The number of rotatable bonds is 3. The zero-order chi connectivity index (χ0) is 21.8. The highest BCUT2D eigenvalue weighted by Gasteiger charge is 2.43. The number of carbonyl (C=O) groups is 1. The molecule has 1 aromatic carbocycles. The van der Waals surface area contributed by atoms with Crippen LogP contribution in [0.2, 0.25) is 0 Å². The van der Waals surface area contributed by atoms with Gasteiger partial charge in [0.05, 0.1) is 11.1 Å². The molecule has 2 atom stereocenters. The molecule has 164 valence electrons. The summed E-state index contributed by atoms with van der Waals surface area (Å²) in [6.07, 6.45) is 3.35. The van der Waals surface area contributed by atoms with Gasteiger partial charge in [-0.1, -0.05) is 17.3 Å². The molecule has 4 heterocycles. The van der Waals surface area contributed by atoms with E-state index in [0.717, 1.165) is 50.7 Å². The van der Waals surface area contributed by atoms with Crippen molar-refractivity contribution in [1.82, 2.24) is 25.0 Å². The van der Waals surface area contributed by atoms with Crippen molar-refractivity contribution in [2.24, 2.45) is 11.8 Å². The lowest BCUT2D eigenvalue weighted by Gasteiger charge is -2.23. The Morgan fingerprint density at radius 2 is 1.78 bits per heavy atom. The van der Waals surface area contributed by atoms with Crippen molar-refractivity contribution in [3.05, 3.63) is 52.6 Å². The van der Waals surface area contributed by atoms with Gasteiger partial charge in [0, 0.05) is 49.4 Å². The second kappa shape index (κ2) is 7.39. The molecule has 1 aliphatic carbocycles. The highest BCUT2D eigenvalue weighted by molar-refractivity contribution is 6.00. The van der Waals surface area contributed by atoms with Crippen LogP contribution in [0, 0.1) is 25.7 Å².